The summed E-state index contributed by atoms with van der Waals surface area (Å²) in [6.45, 7) is 17.6. The van der Waals surface area contributed by atoms with E-state index in [0.717, 1.165) is 5.57 Å². The van der Waals surface area contributed by atoms with E-state index < -0.39 is 0 Å². The van der Waals surface area contributed by atoms with Crippen molar-refractivity contribution in [3.63, 3.8) is 0 Å². The summed E-state index contributed by atoms with van der Waals surface area (Å²) in [4.78, 5) is 0. The summed E-state index contributed by atoms with van der Waals surface area (Å²) in [5.74, 6) is 1.31. The summed E-state index contributed by atoms with van der Waals surface area (Å²) in [6.07, 6.45) is 0. The summed E-state index contributed by atoms with van der Waals surface area (Å²) >= 11 is 0. The van der Waals surface area contributed by atoms with Crippen molar-refractivity contribution in [2.45, 2.75) is 52.4 Å². The van der Waals surface area contributed by atoms with Gasteiger partial charge in [-0.2, -0.15) is 0 Å². The van der Waals surface area contributed by atoms with E-state index in [2.05, 4.69) is 48.1 Å². The minimum absolute atomic E-state index is 0.0482. The Balaban J connectivity index is 1.92. The second kappa shape index (κ2) is 8.17. The summed E-state index contributed by atoms with van der Waals surface area (Å²) in [6, 6.07) is 11.8. The van der Waals surface area contributed by atoms with E-state index in [9.17, 15) is 0 Å². The molecule has 0 saturated heterocycles. The second-order valence-electron chi connectivity index (χ2n) is 9.33. The maximum Gasteiger partial charge on any atom is 0.142 e. The van der Waals surface area contributed by atoms with Gasteiger partial charge in [0.1, 0.15) is 24.7 Å². The highest BCUT2D eigenvalue weighted by Gasteiger charge is 2.16. The smallest absolute Gasteiger partial charge is 0.142 e. The number of benzene rings is 2. The van der Waals surface area contributed by atoms with Crippen LogP contribution in [0.2, 0.25) is 0 Å². The van der Waals surface area contributed by atoms with E-state index in [-0.39, 0.29) is 10.8 Å². The van der Waals surface area contributed by atoms with Crippen LogP contribution in [0.4, 0.5) is 11.4 Å². The van der Waals surface area contributed by atoms with Crippen molar-refractivity contribution < 1.29 is 9.47 Å². The zero-order valence-corrected chi connectivity index (χ0v) is 18.1. The Labute approximate surface area is 169 Å². The molecular formula is C24H34N2O2. The summed E-state index contributed by atoms with van der Waals surface area (Å²) < 4.78 is 11.6. The predicted molar refractivity (Wildman–Crippen MR) is 119 cm³/mol. The fraction of sp³-hybridized carbons (Fsp3) is 0.417. The molecule has 0 aliphatic heterocycles. The molecule has 0 amide bonds. The molecule has 2 aromatic carbocycles. The Morgan fingerprint density at radius 1 is 0.750 bits per heavy atom. The first kappa shape index (κ1) is 21.7. The Bertz CT molecular complexity index is 773. The highest BCUT2D eigenvalue weighted by Crippen LogP contribution is 2.31. The highest BCUT2D eigenvalue weighted by molar-refractivity contribution is 5.56. The van der Waals surface area contributed by atoms with Crippen LogP contribution >= 0.6 is 0 Å². The Morgan fingerprint density at radius 2 is 1.11 bits per heavy atom. The Hall–Kier alpha value is -2.62. The van der Waals surface area contributed by atoms with Gasteiger partial charge in [0.2, 0.25) is 0 Å². The molecule has 4 N–H and O–H groups in total. The van der Waals surface area contributed by atoms with Crippen LogP contribution in [-0.2, 0) is 10.8 Å². The third-order valence-corrected chi connectivity index (χ3v) is 4.62. The highest BCUT2D eigenvalue weighted by atomic mass is 16.5. The van der Waals surface area contributed by atoms with Crippen LogP contribution in [0, 0.1) is 0 Å². The average Bonchev–Trinajstić information content (AvgIpc) is 2.57. The zero-order chi connectivity index (χ0) is 21.1. The van der Waals surface area contributed by atoms with E-state index >= 15 is 0 Å². The number of anilines is 2. The number of ether oxygens (including phenoxy) is 2. The van der Waals surface area contributed by atoms with Crippen LogP contribution in [0.5, 0.6) is 11.5 Å². The average molecular weight is 383 g/mol. The zero-order valence-electron chi connectivity index (χ0n) is 18.1. The molecule has 4 heteroatoms. The van der Waals surface area contributed by atoms with Crippen molar-refractivity contribution in [1.82, 2.24) is 0 Å². The van der Waals surface area contributed by atoms with Gasteiger partial charge in [0.25, 0.3) is 0 Å². The lowest BCUT2D eigenvalue weighted by Gasteiger charge is -2.21. The Morgan fingerprint density at radius 3 is 1.39 bits per heavy atom. The van der Waals surface area contributed by atoms with Gasteiger partial charge in [-0.3, -0.25) is 0 Å². The predicted octanol–water partition coefficient (Wildman–Crippen LogP) is 5.46. The van der Waals surface area contributed by atoms with E-state index in [1.807, 2.05) is 36.4 Å². The fourth-order valence-electron chi connectivity index (χ4n) is 2.69. The van der Waals surface area contributed by atoms with Crippen molar-refractivity contribution >= 4 is 11.4 Å². The molecule has 0 fully saturated rings. The van der Waals surface area contributed by atoms with Crippen LogP contribution in [0.25, 0.3) is 0 Å². The lowest BCUT2D eigenvalue weighted by atomic mass is 9.87. The molecule has 0 aromatic heterocycles. The topological polar surface area (TPSA) is 70.5 Å². The van der Waals surface area contributed by atoms with Gasteiger partial charge in [0.15, 0.2) is 0 Å². The van der Waals surface area contributed by atoms with Gasteiger partial charge in [0.05, 0.1) is 11.4 Å². The second-order valence-corrected chi connectivity index (χ2v) is 9.33. The molecule has 4 nitrogen and oxygen atoms in total. The molecule has 0 spiro atoms. The maximum absolute atomic E-state index is 6.14. The summed E-state index contributed by atoms with van der Waals surface area (Å²) in [5.41, 5.74) is 16.8. The lowest BCUT2D eigenvalue weighted by Crippen LogP contribution is -2.13. The van der Waals surface area contributed by atoms with Crippen LogP contribution in [-0.4, -0.2) is 13.2 Å². The molecular weight excluding hydrogens is 348 g/mol. The molecule has 2 aromatic rings. The number of hydrogen-bond donors (Lipinski definition) is 2. The minimum atomic E-state index is 0.0482. The standard InChI is InChI=1S/C24H34N2O2/c1-16(14-27-21-10-8-17(12-19(21)25)23(2,3)4)15-28-22-11-9-18(13-20(22)26)24(5,6)7/h8-13H,1,14-15,25-26H2,2-7H3. The van der Waals surface area contributed by atoms with Crippen molar-refractivity contribution in [3.8, 4) is 11.5 Å². The molecule has 0 aliphatic carbocycles. The summed E-state index contributed by atoms with van der Waals surface area (Å²) in [7, 11) is 0. The minimum Gasteiger partial charge on any atom is -0.487 e. The molecule has 152 valence electrons. The van der Waals surface area contributed by atoms with Crippen LogP contribution in [0.15, 0.2) is 48.6 Å². The quantitative estimate of drug-likeness (QED) is 0.514. The number of rotatable bonds is 6. The van der Waals surface area contributed by atoms with Crippen LogP contribution in [0.3, 0.4) is 0 Å². The molecule has 28 heavy (non-hydrogen) atoms. The van der Waals surface area contributed by atoms with Gasteiger partial charge in [-0.1, -0.05) is 60.3 Å². The normalized spacial score (nSPS) is 11.9. The maximum atomic E-state index is 6.14. The van der Waals surface area contributed by atoms with Gasteiger partial charge < -0.3 is 20.9 Å². The summed E-state index contributed by atoms with van der Waals surface area (Å²) in [5, 5.41) is 0. The van der Waals surface area contributed by atoms with E-state index in [0.29, 0.717) is 36.1 Å². The van der Waals surface area contributed by atoms with E-state index in [4.69, 9.17) is 20.9 Å². The van der Waals surface area contributed by atoms with Crippen molar-refractivity contribution in [1.29, 1.82) is 0 Å². The van der Waals surface area contributed by atoms with Crippen molar-refractivity contribution in [3.05, 3.63) is 59.7 Å². The number of hydrogen-bond acceptors (Lipinski definition) is 4. The first-order chi connectivity index (χ1) is 12.9. The first-order valence-electron chi connectivity index (χ1n) is 9.60. The number of nitrogens with two attached hydrogens (primary N) is 2. The van der Waals surface area contributed by atoms with Crippen LogP contribution < -0.4 is 20.9 Å². The fourth-order valence-corrected chi connectivity index (χ4v) is 2.69. The van der Waals surface area contributed by atoms with Crippen molar-refractivity contribution in [2.75, 3.05) is 24.7 Å². The molecule has 0 saturated carbocycles. The van der Waals surface area contributed by atoms with Gasteiger partial charge in [0, 0.05) is 0 Å². The molecule has 0 unspecified atom stereocenters. The van der Waals surface area contributed by atoms with Gasteiger partial charge in [-0.25, -0.2) is 0 Å². The SMILES string of the molecule is C=C(COc1ccc(C(C)(C)C)cc1N)COc1ccc(C(C)(C)C)cc1N. The van der Waals surface area contributed by atoms with Gasteiger partial charge in [-0.15, -0.1) is 0 Å². The van der Waals surface area contributed by atoms with Crippen LogP contribution in [0.1, 0.15) is 52.7 Å². The van der Waals surface area contributed by atoms with E-state index in [1.54, 1.807) is 0 Å². The third kappa shape index (κ3) is 5.69. The first-order valence-corrected chi connectivity index (χ1v) is 9.60. The van der Waals surface area contributed by atoms with Gasteiger partial charge in [-0.05, 0) is 51.8 Å². The molecule has 0 atom stereocenters. The Kier molecular flexibility index (Phi) is 6.33. The molecule has 0 bridgehead atoms. The van der Waals surface area contributed by atoms with Crippen molar-refractivity contribution in [2.24, 2.45) is 0 Å². The lowest BCUT2D eigenvalue weighted by molar-refractivity contribution is 0.303. The monoisotopic (exact) mass is 382 g/mol. The third-order valence-electron chi connectivity index (χ3n) is 4.62. The molecule has 0 aliphatic rings. The molecule has 2 rings (SSSR count). The largest absolute Gasteiger partial charge is 0.487 e. The molecule has 0 heterocycles. The molecule has 0 radical (unpaired) electrons. The van der Waals surface area contributed by atoms with E-state index in [1.165, 1.54) is 11.1 Å². The number of nitrogen functional groups attached to an aromatic ring is 2. The van der Waals surface area contributed by atoms with Gasteiger partial charge >= 0.3 is 0 Å².